The van der Waals surface area contributed by atoms with Crippen molar-refractivity contribution < 1.29 is 4.79 Å². The van der Waals surface area contributed by atoms with Crippen LogP contribution in [0.15, 0.2) is 30.8 Å². The van der Waals surface area contributed by atoms with Crippen LogP contribution < -0.4 is 5.32 Å². The van der Waals surface area contributed by atoms with Crippen LogP contribution in [-0.4, -0.2) is 5.91 Å². The Labute approximate surface area is 84.6 Å². The highest BCUT2D eigenvalue weighted by Crippen LogP contribution is 2.05. The summed E-state index contributed by atoms with van der Waals surface area (Å²) in [6, 6.07) is 7.95. The lowest BCUT2D eigenvalue weighted by molar-refractivity contribution is -0.120. The highest BCUT2D eigenvalue weighted by atomic mass is 16.1. The minimum Gasteiger partial charge on any atom is -0.352 e. The third-order valence-corrected chi connectivity index (χ3v) is 2.00. The summed E-state index contributed by atoms with van der Waals surface area (Å²) in [5, 5.41) is 2.83. The summed E-state index contributed by atoms with van der Waals surface area (Å²) in [7, 11) is 0. The highest BCUT2D eigenvalue weighted by molar-refractivity contribution is 5.75. The second-order valence-corrected chi connectivity index (χ2v) is 3.08. The molecule has 1 aromatic rings. The number of carbonyl (C=O) groups is 1. The molecule has 2 nitrogen and oxygen atoms in total. The minimum atomic E-state index is 0.0778. The van der Waals surface area contributed by atoms with E-state index in [-0.39, 0.29) is 5.91 Å². The summed E-state index contributed by atoms with van der Waals surface area (Å²) >= 11 is 0. The van der Waals surface area contributed by atoms with Gasteiger partial charge in [-0.2, -0.15) is 0 Å². The Morgan fingerprint density at radius 1 is 1.57 bits per heavy atom. The SMILES string of the molecule is C=Cc1cccc(CNC(=O)CC)c1. The Balaban J connectivity index is 2.58. The molecule has 0 heterocycles. The maximum Gasteiger partial charge on any atom is 0.219 e. The van der Waals surface area contributed by atoms with Crippen molar-refractivity contribution in [1.29, 1.82) is 0 Å². The Morgan fingerprint density at radius 2 is 2.36 bits per heavy atom. The first-order valence-corrected chi connectivity index (χ1v) is 4.74. The number of hydrogen-bond donors (Lipinski definition) is 1. The molecule has 2 heteroatoms. The predicted molar refractivity (Wildman–Crippen MR) is 58.7 cm³/mol. The summed E-state index contributed by atoms with van der Waals surface area (Å²) in [6.07, 6.45) is 2.33. The summed E-state index contributed by atoms with van der Waals surface area (Å²) in [4.78, 5) is 11.0. The van der Waals surface area contributed by atoms with E-state index in [1.54, 1.807) is 6.08 Å². The van der Waals surface area contributed by atoms with Gasteiger partial charge < -0.3 is 5.32 Å². The molecule has 1 amide bonds. The van der Waals surface area contributed by atoms with Crippen molar-refractivity contribution in [2.75, 3.05) is 0 Å². The van der Waals surface area contributed by atoms with Gasteiger partial charge in [0, 0.05) is 13.0 Å². The lowest BCUT2D eigenvalue weighted by Crippen LogP contribution is -2.21. The zero-order chi connectivity index (χ0) is 10.4. The lowest BCUT2D eigenvalue weighted by Gasteiger charge is -2.04. The molecule has 74 valence electrons. The minimum absolute atomic E-state index is 0.0778. The molecule has 0 aliphatic carbocycles. The van der Waals surface area contributed by atoms with Gasteiger partial charge in [-0.1, -0.05) is 37.8 Å². The van der Waals surface area contributed by atoms with E-state index in [0.29, 0.717) is 13.0 Å². The number of amides is 1. The summed E-state index contributed by atoms with van der Waals surface area (Å²) < 4.78 is 0. The first kappa shape index (κ1) is 10.5. The fraction of sp³-hybridized carbons (Fsp3) is 0.250. The molecule has 1 rings (SSSR count). The van der Waals surface area contributed by atoms with Crippen LogP contribution in [0, 0.1) is 0 Å². The van der Waals surface area contributed by atoms with Gasteiger partial charge in [0.15, 0.2) is 0 Å². The van der Waals surface area contributed by atoms with Crippen LogP contribution in [0.25, 0.3) is 6.08 Å². The highest BCUT2D eigenvalue weighted by Gasteiger charge is 1.97. The van der Waals surface area contributed by atoms with Crippen molar-refractivity contribution >= 4 is 12.0 Å². The molecule has 0 saturated heterocycles. The lowest BCUT2D eigenvalue weighted by atomic mass is 10.1. The van der Waals surface area contributed by atoms with Crippen molar-refractivity contribution in [3.8, 4) is 0 Å². The van der Waals surface area contributed by atoms with Crippen LogP contribution >= 0.6 is 0 Å². The van der Waals surface area contributed by atoms with E-state index < -0.39 is 0 Å². The van der Waals surface area contributed by atoms with Gasteiger partial charge in [0.25, 0.3) is 0 Å². The van der Waals surface area contributed by atoms with Crippen LogP contribution in [-0.2, 0) is 11.3 Å². The fourth-order valence-electron chi connectivity index (χ4n) is 1.16. The first-order chi connectivity index (χ1) is 6.76. The Morgan fingerprint density at radius 3 is 3.00 bits per heavy atom. The second-order valence-electron chi connectivity index (χ2n) is 3.08. The average molecular weight is 189 g/mol. The van der Waals surface area contributed by atoms with E-state index in [0.717, 1.165) is 11.1 Å². The number of benzene rings is 1. The summed E-state index contributed by atoms with van der Waals surface area (Å²) in [6.45, 7) is 6.13. The molecule has 0 aliphatic rings. The number of hydrogen-bond acceptors (Lipinski definition) is 1. The standard InChI is InChI=1S/C12H15NO/c1-3-10-6-5-7-11(8-10)9-13-12(14)4-2/h3,5-8H,1,4,9H2,2H3,(H,13,14). The van der Waals surface area contributed by atoms with Crippen LogP contribution in [0.1, 0.15) is 24.5 Å². The molecule has 1 aromatic carbocycles. The predicted octanol–water partition coefficient (Wildman–Crippen LogP) is 2.36. The van der Waals surface area contributed by atoms with Crippen LogP contribution in [0.4, 0.5) is 0 Å². The van der Waals surface area contributed by atoms with Crippen molar-refractivity contribution in [3.63, 3.8) is 0 Å². The summed E-state index contributed by atoms with van der Waals surface area (Å²) in [5.74, 6) is 0.0778. The molecule has 0 aliphatic heterocycles. The molecule has 0 unspecified atom stereocenters. The number of nitrogens with one attached hydrogen (secondary N) is 1. The van der Waals surface area contributed by atoms with Gasteiger partial charge in [0.05, 0.1) is 0 Å². The molecule has 0 saturated carbocycles. The van der Waals surface area contributed by atoms with Gasteiger partial charge in [0.2, 0.25) is 5.91 Å². The van der Waals surface area contributed by atoms with Gasteiger partial charge in [-0.05, 0) is 17.2 Å². The average Bonchev–Trinajstić information content (AvgIpc) is 2.26. The molecule has 0 spiro atoms. The molecule has 0 radical (unpaired) electrons. The molecule has 0 aromatic heterocycles. The topological polar surface area (TPSA) is 29.1 Å². The molecule has 0 bridgehead atoms. The Bertz CT molecular complexity index is 331. The molecule has 1 N–H and O–H groups in total. The maximum atomic E-state index is 11.0. The van der Waals surface area contributed by atoms with Gasteiger partial charge in [0.1, 0.15) is 0 Å². The van der Waals surface area contributed by atoms with Crippen LogP contribution in [0.5, 0.6) is 0 Å². The Hall–Kier alpha value is -1.57. The van der Waals surface area contributed by atoms with E-state index in [4.69, 9.17) is 0 Å². The quantitative estimate of drug-likeness (QED) is 0.774. The van der Waals surface area contributed by atoms with Gasteiger partial charge in [-0.3, -0.25) is 4.79 Å². The smallest absolute Gasteiger partial charge is 0.219 e. The third-order valence-electron chi connectivity index (χ3n) is 2.00. The van der Waals surface area contributed by atoms with Gasteiger partial charge in [-0.25, -0.2) is 0 Å². The van der Waals surface area contributed by atoms with E-state index in [9.17, 15) is 4.79 Å². The molecule has 0 atom stereocenters. The third kappa shape index (κ3) is 3.05. The van der Waals surface area contributed by atoms with E-state index >= 15 is 0 Å². The zero-order valence-electron chi connectivity index (χ0n) is 8.42. The number of carbonyl (C=O) groups excluding carboxylic acids is 1. The molecule has 14 heavy (non-hydrogen) atoms. The van der Waals surface area contributed by atoms with Crippen molar-refractivity contribution in [3.05, 3.63) is 42.0 Å². The van der Waals surface area contributed by atoms with Crippen molar-refractivity contribution in [2.24, 2.45) is 0 Å². The Kier molecular flexibility index (Phi) is 3.92. The second kappa shape index (κ2) is 5.22. The van der Waals surface area contributed by atoms with E-state index in [1.807, 2.05) is 31.2 Å². The monoisotopic (exact) mass is 189 g/mol. The van der Waals surface area contributed by atoms with Crippen LogP contribution in [0.2, 0.25) is 0 Å². The molecular formula is C12H15NO. The normalized spacial score (nSPS) is 9.50. The molecular weight excluding hydrogens is 174 g/mol. The summed E-state index contributed by atoms with van der Waals surface area (Å²) in [5.41, 5.74) is 2.18. The zero-order valence-corrected chi connectivity index (χ0v) is 8.42. The first-order valence-electron chi connectivity index (χ1n) is 4.74. The van der Waals surface area contributed by atoms with E-state index in [1.165, 1.54) is 0 Å². The number of rotatable bonds is 4. The maximum absolute atomic E-state index is 11.0. The van der Waals surface area contributed by atoms with Gasteiger partial charge >= 0.3 is 0 Å². The largest absolute Gasteiger partial charge is 0.352 e. The fourth-order valence-corrected chi connectivity index (χ4v) is 1.16. The van der Waals surface area contributed by atoms with E-state index in [2.05, 4.69) is 11.9 Å². The molecule has 0 fully saturated rings. The van der Waals surface area contributed by atoms with Gasteiger partial charge in [-0.15, -0.1) is 0 Å². The van der Waals surface area contributed by atoms with Crippen LogP contribution in [0.3, 0.4) is 0 Å². The van der Waals surface area contributed by atoms with Crippen molar-refractivity contribution in [2.45, 2.75) is 19.9 Å². The van der Waals surface area contributed by atoms with Crippen molar-refractivity contribution in [1.82, 2.24) is 5.32 Å².